The van der Waals surface area contributed by atoms with Crippen LogP contribution in [0.15, 0.2) is 24.3 Å². The largest absolute Gasteiger partial charge is 0.501 e. The zero-order chi connectivity index (χ0) is 19.5. The van der Waals surface area contributed by atoms with Gasteiger partial charge in [0.25, 0.3) is 0 Å². The summed E-state index contributed by atoms with van der Waals surface area (Å²) in [5.74, 6) is 0.746. The molecular weight excluding hydrogens is 352 g/mol. The Bertz CT molecular complexity index is 500. The van der Waals surface area contributed by atoms with Gasteiger partial charge in [-0.05, 0) is 51.8 Å². The Morgan fingerprint density at radius 1 is 1.04 bits per heavy atom. The van der Waals surface area contributed by atoms with E-state index < -0.39 is 14.4 Å². The van der Waals surface area contributed by atoms with Crippen LogP contribution in [0, 0.1) is 0 Å². The molecule has 0 spiro atoms. The summed E-state index contributed by atoms with van der Waals surface area (Å²) in [5, 5.41) is 9.80. The number of benzene rings is 1. The molecule has 0 aliphatic heterocycles. The molecular formula is C19H32O6Si. The van der Waals surface area contributed by atoms with Crippen LogP contribution in [0.4, 0.5) is 0 Å². The van der Waals surface area contributed by atoms with Gasteiger partial charge in [-0.15, -0.1) is 0 Å². The van der Waals surface area contributed by atoms with Crippen molar-refractivity contribution in [3.63, 3.8) is 0 Å². The molecule has 26 heavy (non-hydrogen) atoms. The highest BCUT2D eigenvalue weighted by Crippen LogP contribution is 2.20. The quantitative estimate of drug-likeness (QED) is 0.302. The number of rotatable bonds is 14. The molecule has 1 atom stereocenters. The van der Waals surface area contributed by atoms with E-state index in [0.29, 0.717) is 38.8 Å². The van der Waals surface area contributed by atoms with Crippen LogP contribution < -0.4 is 4.74 Å². The summed E-state index contributed by atoms with van der Waals surface area (Å²) in [5.41, 5.74) is -0.460. The van der Waals surface area contributed by atoms with Gasteiger partial charge in [-0.3, -0.25) is 0 Å². The van der Waals surface area contributed by atoms with Crippen molar-refractivity contribution in [3.8, 4) is 5.75 Å². The van der Waals surface area contributed by atoms with Gasteiger partial charge in [0.05, 0.1) is 6.61 Å². The van der Waals surface area contributed by atoms with E-state index in [4.69, 9.17) is 18.0 Å². The van der Waals surface area contributed by atoms with E-state index in [2.05, 4.69) is 0 Å². The molecule has 0 radical (unpaired) electrons. The van der Waals surface area contributed by atoms with Gasteiger partial charge in [0, 0.05) is 32.3 Å². The van der Waals surface area contributed by atoms with E-state index in [-0.39, 0.29) is 6.42 Å². The molecule has 0 aliphatic carbocycles. The summed E-state index contributed by atoms with van der Waals surface area (Å²) in [7, 11) is -2.61. The summed E-state index contributed by atoms with van der Waals surface area (Å²) in [6, 6.07) is 8.10. The van der Waals surface area contributed by atoms with Crippen LogP contribution in [0.3, 0.4) is 0 Å². The minimum absolute atomic E-state index is 0.280. The van der Waals surface area contributed by atoms with Crippen molar-refractivity contribution < 1.29 is 27.9 Å². The monoisotopic (exact) mass is 384 g/mol. The maximum absolute atomic E-state index is 10.8. The first kappa shape index (κ1) is 22.8. The van der Waals surface area contributed by atoms with Crippen molar-refractivity contribution in [2.75, 3.05) is 26.4 Å². The van der Waals surface area contributed by atoms with Crippen molar-refractivity contribution in [1.82, 2.24) is 0 Å². The fourth-order valence-electron chi connectivity index (χ4n) is 2.64. The minimum Gasteiger partial charge on any atom is -0.494 e. The van der Waals surface area contributed by atoms with Crippen molar-refractivity contribution in [1.29, 1.82) is 0 Å². The van der Waals surface area contributed by atoms with Gasteiger partial charge in [0.1, 0.15) is 11.4 Å². The highest BCUT2D eigenvalue weighted by Gasteiger charge is 2.39. The Morgan fingerprint density at radius 2 is 1.58 bits per heavy atom. The number of hydrogen-bond donors (Lipinski definition) is 1. The zero-order valence-corrected chi connectivity index (χ0v) is 17.3. The van der Waals surface area contributed by atoms with Crippen LogP contribution in [-0.2, 0) is 24.5 Å². The van der Waals surface area contributed by atoms with Crippen molar-refractivity contribution in [3.05, 3.63) is 29.8 Å². The number of carbonyl (C=O) groups excluding carboxylic acids is 1. The van der Waals surface area contributed by atoms with Crippen LogP contribution in [0.1, 0.15) is 39.7 Å². The normalized spacial score (nSPS) is 14.0. The van der Waals surface area contributed by atoms with Gasteiger partial charge in [-0.25, -0.2) is 0 Å². The van der Waals surface area contributed by atoms with Gasteiger partial charge in [-0.1, -0.05) is 12.1 Å². The molecule has 0 saturated heterocycles. The molecule has 1 aromatic carbocycles. The first-order valence-corrected chi connectivity index (χ1v) is 11.2. The topological polar surface area (TPSA) is 74.2 Å². The predicted molar refractivity (Wildman–Crippen MR) is 102 cm³/mol. The highest BCUT2D eigenvalue weighted by molar-refractivity contribution is 6.60. The van der Waals surface area contributed by atoms with E-state index in [9.17, 15) is 9.90 Å². The molecule has 0 aliphatic rings. The Labute approximate surface area is 157 Å². The third-order valence-corrected chi connectivity index (χ3v) is 6.88. The second kappa shape index (κ2) is 11.5. The molecule has 0 amide bonds. The molecule has 1 unspecified atom stereocenters. The molecule has 1 N–H and O–H groups in total. The number of aldehydes is 1. The minimum atomic E-state index is -2.61. The Kier molecular flexibility index (Phi) is 10.0. The van der Waals surface area contributed by atoms with E-state index in [1.807, 2.05) is 45.0 Å². The van der Waals surface area contributed by atoms with Gasteiger partial charge >= 0.3 is 8.80 Å². The standard InChI is InChI=1S/C19H32O6Si/c1-5-23-26(24-6-2,25-7-3)14-8-13-22-18-11-9-17(10-12-18)15-19(4,21)16-20/h9-12,16,21H,5-8,13-15H2,1-4H3. The van der Waals surface area contributed by atoms with Gasteiger partial charge < -0.3 is 27.9 Å². The third-order valence-electron chi connectivity index (χ3n) is 3.73. The smallest absolute Gasteiger partial charge is 0.494 e. The van der Waals surface area contributed by atoms with Crippen LogP contribution in [-0.4, -0.2) is 52.2 Å². The molecule has 0 bridgehead atoms. The van der Waals surface area contributed by atoms with Crippen LogP contribution in [0.2, 0.25) is 6.04 Å². The molecule has 0 heterocycles. The molecule has 1 aromatic rings. The van der Waals surface area contributed by atoms with E-state index >= 15 is 0 Å². The summed E-state index contributed by atoms with van der Waals surface area (Å²) in [4.78, 5) is 10.8. The lowest BCUT2D eigenvalue weighted by atomic mass is 9.98. The maximum Gasteiger partial charge on any atom is 0.501 e. The maximum atomic E-state index is 10.8. The number of ether oxygens (including phenoxy) is 1. The fraction of sp³-hybridized carbons (Fsp3) is 0.632. The summed E-state index contributed by atoms with van der Waals surface area (Å²) >= 11 is 0. The lowest BCUT2D eigenvalue weighted by molar-refractivity contribution is -0.122. The van der Waals surface area contributed by atoms with Crippen LogP contribution >= 0.6 is 0 Å². The Morgan fingerprint density at radius 3 is 2.04 bits per heavy atom. The van der Waals surface area contributed by atoms with Gasteiger partial charge in [0.15, 0.2) is 6.29 Å². The van der Waals surface area contributed by atoms with Crippen LogP contribution in [0.25, 0.3) is 0 Å². The highest BCUT2D eigenvalue weighted by atomic mass is 28.4. The molecule has 6 nitrogen and oxygen atoms in total. The Hall–Kier alpha value is -1.25. The molecule has 7 heteroatoms. The Balaban J connectivity index is 2.49. The third kappa shape index (κ3) is 7.97. The molecule has 148 valence electrons. The van der Waals surface area contributed by atoms with Gasteiger partial charge in [-0.2, -0.15) is 0 Å². The molecule has 0 fully saturated rings. The summed E-state index contributed by atoms with van der Waals surface area (Å²) in [6.07, 6.45) is 1.61. The van der Waals surface area contributed by atoms with E-state index in [1.165, 1.54) is 6.92 Å². The van der Waals surface area contributed by atoms with E-state index in [1.54, 1.807) is 0 Å². The molecule has 1 rings (SSSR count). The second-order valence-corrected chi connectivity index (χ2v) is 8.96. The van der Waals surface area contributed by atoms with E-state index in [0.717, 1.165) is 17.7 Å². The van der Waals surface area contributed by atoms with Crippen molar-refractivity contribution >= 4 is 15.1 Å². The predicted octanol–water partition coefficient (Wildman–Crippen LogP) is 3.00. The average Bonchev–Trinajstić information content (AvgIpc) is 2.61. The molecule has 0 aromatic heterocycles. The SMILES string of the molecule is CCO[Si](CCCOc1ccc(CC(C)(O)C=O)cc1)(OCC)OCC. The van der Waals surface area contributed by atoms with Crippen LogP contribution in [0.5, 0.6) is 5.75 Å². The lowest BCUT2D eigenvalue weighted by Crippen LogP contribution is -2.46. The first-order valence-electron chi connectivity index (χ1n) is 9.22. The number of aliphatic hydroxyl groups is 1. The van der Waals surface area contributed by atoms with Gasteiger partial charge in [0.2, 0.25) is 0 Å². The second-order valence-electron chi connectivity index (χ2n) is 6.23. The van der Waals surface area contributed by atoms with Crippen molar-refractivity contribution in [2.24, 2.45) is 0 Å². The average molecular weight is 385 g/mol. The first-order chi connectivity index (χ1) is 12.4. The number of carbonyl (C=O) groups is 1. The molecule has 0 saturated carbocycles. The number of hydrogen-bond acceptors (Lipinski definition) is 6. The lowest BCUT2D eigenvalue weighted by Gasteiger charge is -2.28. The fourth-order valence-corrected chi connectivity index (χ4v) is 5.22. The summed E-state index contributed by atoms with van der Waals surface area (Å²) < 4.78 is 23.2. The van der Waals surface area contributed by atoms with Crippen molar-refractivity contribution in [2.45, 2.75) is 52.2 Å². The summed E-state index contributed by atoms with van der Waals surface area (Å²) in [6.45, 7) is 9.57. The zero-order valence-electron chi connectivity index (χ0n) is 16.3.